The molecule has 1 fully saturated rings. The maximum atomic E-state index is 3.58. The van der Waals surface area contributed by atoms with Gasteiger partial charge in [0, 0.05) is 24.7 Å². The number of piperidine rings is 1. The van der Waals surface area contributed by atoms with Crippen LogP contribution in [-0.4, -0.2) is 36.1 Å². The molecule has 0 aromatic rings. The highest BCUT2D eigenvalue weighted by Gasteiger charge is 2.27. The summed E-state index contributed by atoms with van der Waals surface area (Å²) in [6.07, 6.45) is 4.01. The molecular formula is C14H30N2. The largest absolute Gasteiger partial charge is 0.313 e. The first-order valence-electron chi connectivity index (χ1n) is 7.03. The molecule has 2 nitrogen and oxygen atoms in total. The molecule has 1 aliphatic heterocycles. The van der Waals surface area contributed by atoms with E-state index in [2.05, 4.69) is 44.8 Å². The predicted octanol–water partition coefficient (Wildman–Crippen LogP) is 2.88. The van der Waals surface area contributed by atoms with Gasteiger partial charge in [-0.05, 0) is 38.6 Å². The molecule has 0 amide bonds. The molecule has 0 bridgehead atoms. The fourth-order valence-electron chi connectivity index (χ4n) is 2.84. The van der Waals surface area contributed by atoms with Crippen LogP contribution in [0.15, 0.2) is 0 Å². The zero-order valence-corrected chi connectivity index (χ0v) is 11.8. The summed E-state index contributed by atoms with van der Waals surface area (Å²) in [5, 5.41) is 3.58. The smallest absolute Gasteiger partial charge is 0.0220 e. The summed E-state index contributed by atoms with van der Waals surface area (Å²) >= 11 is 0. The minimum absolute atomic E-state index is 0.605. The van der Waals surface area contributed by atoms with E-state index < -0.39 is 0 Å². The number of likely N-dealkylation sites (tertiary alicyclic amines) is 1. The first-order valence-corrected chi connectivity index (χ1v) is 7.03. The number of rotatable bonds is 5. The van der Waals surface area contributed by atoms with E-state index in [1.54, 1.807) is 0 Å². The standard InChI is InChI=1S/C14H30N2/c1-6-14(10-15-11(2)3)16-8-7-12(4)9-13(16)5/h11-15H,6-10H2,1-5H3. The van der Waals surface area contributed by atoms with Crippen LogP contribution >= 0.6 is 0 Å². The Balaban J connectivity index is 2.45. The topological polar surface area (TPSA) is 15.3 Å². The third-order valence-corrected chi connectivity index (χ3v) is 3.89. The van der Waals surface area contributed by atoms with Crippen LogP contribution in [-0.2, 0) is 0 Å². The molecule has 3 unspecified atom stereocenters. The molecule has 0 saturated carbocycles. The van der Waals surface area contributed by atoms with E-state index >= 15 is 0 Å². The zero-order chi connectivity index (χ0) is 12.1. The highest BCUT2D eigenvalue weighted by molar-refractivity contribution is 4.83. The Labute approximate surface area is 102 Å². The zero-order valence-electron chi connectivity index (χ0n) is 11.8. The summed E-state index contributed by atoms with van der Waals surface area (Å²) in [7, 11) is 0. The van der Waals surface area contributed by atoms with Gasteiger partial charge < -0.3 is 5.32 Å². The van der Waals surface area contributed by atoms with Gasteiger partial charge in [0.25, 0.3) is 0 Å². The van der Waals surface area contributed by atoms with E-state index in [4.69, 9.17) is 0 Å². The van der Waals surface area contributed by atoms with Crippen LogP contribution in [0.4, 0.5) is 0 Å². The van der Waals surface area contributed by atoms with E-state index in [1.807, 2.05) is 0 Å². The molecule has 16 heavy (non-hydrogen) atoms. The van der Waals surface area contributed by atoms with Gasteiger partial charge in [-0.3, -0.25) is 4.90 Å². The van der Waals surface area contributed by atoms with Gasteiger partial charge in [0.15, 0.2) is 0 Å². The van der Waals surface area contributed by atoms with Crippen molar-refractivity contribution in [2.45, 2.75) is 72.0 Å². The van der Waals surface area contributed by atoms with Crippen molar-refractivity contribution in [1.29, 1.82) is 0 Å². The van der Waals surface area contributed by atoms with Gasteiger partial charge in [0.05, 0.1) is 0 Å². The lowest BCUT2D eigenvalue weighted by Gasteiger charge is -2.42. The lowest BCUT2D eigenvalue weighted by atomic mass is 9.91. The lowest BCUT2D eigenvalue weighted by Crippen LogP contribution is -2.50. The molecule has 1 aliphatic rings. The van der Waals surface area contributed by atoms with Gasteiger partial charge in [0.2, 0.25) is 0 Å². The Hall–Kier alpha value is -0.0800. The lowest BCUT2D eigenvalue weighted by molar-refractivity contribution is 0.0779. The van der Waals surface area contributed by atoms with Crippen molar-refractivity contribution in [1.82, 2.24) is 10.2 Å². The summed E-state index contributed by atoms with van der Waals surface area (Å²) in [6, 6.07) is 2.10. The Bertz CT molecular complexity index is 191. The summed E-state index contributed by atoms with van der Waals surface area (Å²) in [5.74, 6) is 0.918. The van der Waals surface area contributed by atoms with Crippen LogP contribution in [0.25, 0.3) is 0 Å². The van der Waals surface area contributed by atoms with Crippen molar-refractivity contribution in [3.8, 4) is 0 Å². The van der Waals surface area contributed by atoms with E-state index in [9.17, 15) is 0 Å². The third kappa shape index (κ3) is 4.06. The summed E-state index contributed by atoms with van der Waals surface area (Å²) in [6.45, 7) is 14.0. The maximum Gasteiger partial charge on any atom is 0.0220 e. The van der Waals surface area contributed by atoms with Gasteiger partial charge in [-0.2, -0.15) is 0 Å². The summed E-state index contributed by atoms with van der Waals surface area (Å²) in [5.41, 5.74) is 0. The maximum absolute atomic E-state index is 3.58. The second-order valence-corrected chi connectivity index (χ2v) is 5.84. The highest BCUT2D eigenvalue weighted by Crippen LogP contribution is 2.24. The Morgan fingerprint density at radius 1 is 1.31 bits per heavy atom. The quantitative estimate of drug-likeness (QED) is 0.775. The molecule has 0 aliphatic carbocycles. The van der Waals surface area contributed by atoms with E-state index in [1.165, 1.54) is 25.8 Å². The Morgan fingerprint density at radius 2 is 2.00 bits per heavy atom. The molecule has 0 aromatic heterocycles. The average molecular weight is 226 g/mol. The van der Waals surface area contributed by atoms with Crippen molar-refractivity contribution in [2.75, 3.05) is 13.1 Å². The monoisotopic (exact) mass is 226 g/mol. The van der Waals surface area contributed by atoms with Gasteiger partial charge in [-0.1, -0.05) is 27.7 Å². The first-order chi connectivity index (χ1) is 7.54. The van der Waals surface area contributed by atoms with Crippen LogP contribution in [0, 0.1) is 5.92 Å². The minimum atomic E-state index is 0.605. The fraction of sp³-hybridized carbons (Fsp3) is 1.00. The second kappa shape index (κ2) is 6.61. The van der Waals surface area contributed by atoms with Crippen molar-refractivity contribution < 1.29 is 0 Å². The van der Waals surface area contributed by atoms with Crippen molar-refractivity contribution in [2.24, 2.45) is 5.92 Å². The molecule has 0 spiro atoms. The Morgan fingerprint density at radius 3 is 2.50 bits per heavy atom. The first kappa shape index (κ1) is 14.0. The summed E-state index contributed by atoms with van der Waals surface area (Å²) < 4.78 is 0. The fourth-order valence-corrected chi connectivity index (χ4v) is 2.84. The van der Waals surface area contributed by atoms with Gasteiger partial charge >= 0.3 is 0 Å². The highest BCUT2D eigenvalue weighted by atomic mass is 15.2. The second-order valence-electron chi connectivity index (χ2n) is 5.84. The van der Waals surface area contributed by atoms with Gasteiger partial charge in [0.1, 0.15) is 0 Å². The molecule has 2 heteroatoms. The van der Waals surface area contributed by atoms with Crippen LogP contribution < -0.4 is 5.32 Å². The van der Waals surface area contributed by atoms with Crippen molar-refractivity contribution >= 4 is 0 Å². The molecule has 1 heterocycles. The number of hydrogen-bond acceptors (Lipinski definition) is 2. The molecule has 3 atom stereocenters. The van der Waals surface area contributed by atoms with Crippen molar-refractivity contribution in [3.05, 3.63) is 0 Å². The molecule has 1 rings (SSSR count). The van der Waals surface area contributed by atoms with Gasteiger partial charge in [-0.15, -0.1) is 0 Å². The molecule has 96 valence electrons. The average Bonchev–Trinajstić information content (AvgIpc) is 2.21. The number of nitrogens with one attached hydrogen (secondary N) is 1. The van der Waals surface area contributed by atoms with E-state index in [-0.39, 0.29) is 0 Å². The summed E-state index contributed by atoms with van der Waals surface area (Å²) in [4.78, 5) is 2.72. The van der Waals surface area contributed by atoms with E-state index in [0.29, 0.717) is 6.04 Å². The van der Waals surface area contributed by atoms with Crippen LogP contribution in [0.5, 0.6) is 0 Å². The van der Waals surface area contributed by atoms with Gasteiger partial charge in [-0.25, -0.2) is 0 Å². The normalized spacial score (nSPS) is 29.6. The Kier molecular flexibility index (Phi) is 5.77. The van der Waals surface area contributed by atoms with Crippen molar-refractivity contribution in [3.63, 3.8) is 0 Å². The SMILES string of the molecule is CCC(CNC(C)C)N1CCC(C)CC1C. The molecule has 1 saturated heterocycles. The minimum Gasteiger partial charge on any atom is -0.313 e. The number of hydrogen-bond donors (Lipinski definition) is 1. The molecule has 1 N–H and O–H groups in total. The third-order valence-electron chi connectivity index (χ3n) is 3.89. The molecule has 0 aromatic carbocycles. The molecular weight excluding hydrogens is 196 g/mol. The molecule has 0 radical (unpaired) electrons. The van der Waals surface area contributed by atoms with Crippen LogP contribution in [0.3, 0.4) is 0 Å². The van der Waals surface area contributed by atoms with E-state index in [0.717, 1.165) is 24.5 Å². The van der Waals surface area contributed by atoms with Crippen LogP contribution in [0.2, 0.25) is 0 Å². The van der Waals surface area contributed by atoms with Crippen LogP contribution in [0.1, 0.15) is 53.9 Å². The predicted molar refractivity (Wildman–Crippen MR) is 71.8 cm³/mol. The number of nitrogens with zero attached hydrogens (tertiary/aromatic N) is 1.